The largest absolute Gasteiger partial charge is 0.312 e. The minimum absolute atomic E-state index is 0.105. The number of benzene rings is 2. The highest BCUT2D eigenvalue weighted by atomic mass is 16.2. The molecular formula is C20H21N3O2. The van der Waals surface area contributed by atoms with Crippen molar-refractivity contribution in [3.63, 3.8) is 0 Å². The molecule has 0 bridgehead atoms. The fraction of sp³-hybridized carbons (Fsp3) is 0.250. The summed E-state index contributed by atoms with van der Waals surface area (Å²) in [6.45, 7) is 2.70. The Hall–Kier alpha value is -2.95. The third kappa shape index (κ3) is 3.94. The summed E-state index contributed by atoms with van der Waals surface area (Å²) in [5.74, 6) is -0.177. The number of rotatable bonds is 5. The molecule has 5 nitrogen and oxygen atoms in total. The van der Waals surface area contributed by atoms with Crippen LogP contribution in [0.3, 0.4) is 0 Å². The summed E-state index contributed by atoms with van der Waals surface area (Å²) in [5.41, 5.74) is 5.68. The van der Waals surface area contributed by atoms with Gasteiger partial charge in [-0.15, -0.1) is 0 Å². The first-order valence-corrected chi connectivity index (χ1v) is 8.52. The Morgan fingerprint density at radius 3 is 2.56 bits per heavy atom. The lowest BCUT2D eigenvalue weighted by Crippen LogP contribution is -2.25. The summed E-state index contributed by atoms with van der Waals surface area (Å²) in [7, 11) is 0. The molecule has 1 aliphatic heterocycles. The first-order valence-electron chi connectivity index (χ1n) is 8.52. The molecule has 0 unspecified atom stereocenters. The van der Waals surface area contributed by atoms with Gasteiger partial charge in [0.05, 0.1) is 5.71 Å². The Morgan fingerprint density at radius 1 is 1.12 bits per heavy atom. The van der Waals surface area contributed by atoms with Gasteiger partial charge in [-0.25, -0.2) is 5.43 Å². The molecule has 0 aromatic heterocycles. The van der Waals surface area contributed by atoms with Crippen LogP contribution in [0.25, 0.3) is 0 Å². The molecule has 2 aromatic rings. The van der Waals surface area contributed by atoms with Crippen molar-refractivity contribution in [2.24, 2.45) is 5.10 Å². The van der Waals surface area contributed by atoms with Gasteiger partial charge in [-0.05, 0) is 36.6 Å². The van der Waals surface area contributed by atoms with E-state index < -0.39 is 0 Å². The predicted molar refractivity (Wildman–Crippen MR) is 98.8 cm³/mol. The number of hydrogen-bond acceptors (Lipinski definition) is 3. The van der Waals surface area contributed by atoms with Crippen molar-refractivity contribution in [2.75, 3.05) is 11.4 Å². The van der Waals surface area contributed by atoms with Crippen LogP contribution < -0.4 is 10.3 Å². The monoisotopic (exact) mass is 335 g/mol. The van der Waals surface area contributed by atoms with Crippen molar-refractivity contribution in [1.82, 2.24) is 5.43 Å². The Labute approximate surface area is 147 Å². The first kappa shape index (κ1) is 16.9. The molecule has 0 atom stereocenters. The summed E-state index contributed by atoms with van der Waals surface area (Å²) < 4.78 is 0. The van der Waals surface area contributed by atoms with Gasteiger partial charge >= 0.3 is 0 Å². The molecule has 25 heavy (non-hydrogen) atoms. The van der Waals surface area contributed by atoms with Gasteiger partial charge in [0.1, 0.15) is 0 Å². The van der Waals surface area contributed by atoms with Gasteiger partial charge in [-0.2, -0.15) is 5.10 Å². The van der Waals surface area contributed by atoms with Crippen LogP contribution in [0, 0.1) is 0 Å². The van der Waals surface area contributed by atoms with Crippen LogP contribution in [0.1, 0.15) is 42.1 Å². The first-order chi connectivity index (χ1) is 12.2. The number of amides is 2. The normalized spacial score (nSPS) is 14.7. The molecule has 1 N–H and O–H groups in total. The van der Waals surface area contributed by atoms with Gasteiger partial charge in [0.25, 0.3) is 5.91 Å². The molecule has 1 saturated heterocycles. The molecule has 1 heterocycles. The Morgan fingerprint density at radius 2 is 1.88 bits per heavy atom. The minimum Gasteiger partial charge on any atom is -0.312 e. The predicted octanol–water partition coefficient (Wildman–Crippen LogP) is 3.36. The molecule has 5 heteroatoms. The Kier molecular flexibility index (Phi) is 5.23. The van der Waals surface area contributed by atoms with Crippen molar-refractivity contribution in [3.05, 3.63) is 65.7 Å². The minimum atomic E-state index is -0.282. The van der Waals surface area contributed by atoms with Gasteiger partial charge < -0.3 is 4.90 Å². The summed E-state index contributed by atoms with van der Waals surface area (Å²) in [6.07, 6.45) is 2.14. The van der Waals surface area contributed by atoms with Gasteiger partial charge in [0.15, 0.2) is 0 Å². The lowest BCUT2D eigenvalue weighted by atomic mass is 10.1. The number of carbonyl (C=O) groups is 2. The van der Waals surface area contributed by atoms with Crippen molar-refractivity contribution >= 4 is 23.2 Å². The highest BCUT2D eigenvalue weighted by molar-refractivity contribution is 6.02. The molecule has 2 aromatic carbocycles. The maximum Gasteiger partial charge on any atom is 0.271 e. The van der Waals surface area contributed by atoms with Crippen LogP contribution in [0.2, 0.25) is 0 Å². The summed E-state index contributed by atoms with van der Waals surface area (Å²) in [5, 5.41) is 4.27. The second-order valence-electron chi connectivity index (χ2n) is 5.92. The van der Waals surface area contributed by atoms with Gasteiger partial charge in [-0.3, -0.25) is 9.59 Å². The average Bonchev–Trinajstić information content (AvgIpc) is 3.09. The van der Waals surface area contributed by atoms with Crippen LogP contribution in [-0.2, 0) is 4.79 Å². The maximum absolute atomic E-state index is 12.4. The van der Waals surface area contributed by atoms with E-state index in [0.717, 1.165) is 23.4 Å². The zero-order valence-corrected chi connectivity index (χ0v) is 14.2. The SMILES string of the molecule is CC/C(=N\NC(=O)c1cccc(N2CCCC2=O)c1)c1ccccc1. The smallest absolute Gasteiger partial charge is 0.271 e. The van der Waals surface area contributed by atoms with Crippen molar-refractivity contribution < 1.29 is 9.59 Å². The highest BCUT2D eigenvalue weighted by Crippen LogP contribution is 2.22. The van der Waals surface area contributed by atoms with Crippen LogP contribution in [0.4, 0.5) is 5.69 Å². The zero-order chi connectivity index (χ0) is 17.6. The summed E-state index contributed by atoms with van der Waals surface area (Å²) in [6, 6.07) is 16.9. The summed E-state index contributed by atoms with van der Waals surface area (Å²) in [4.78, 5) is 26.0. The molecular weight excluding hydrogens is 314 g/mol. The molecule has 1 fully saturated rings. The second-order valence-corrected chi connectivity index (χ2v) is 5.92. The molecule has 0 aliphatic carbocycles. The lowest BCUT2D eigenvalue weighted by Gasteiger charge is -2.16. The van der Waals surface area contributed by atoms with E-state index >= 15 is 0 Å². The number of nitrogens with one attached hydrogen (secondary N) is 1. The molecule has 2 amide bonds. The van der Waals surface area contributed by atoms with Crippen molar-refractivity contribution in [3.8, 4) is 0 Å². The molecule has 1 aliphatic rings. The van der Waals surface area contributed by atoms with Gasteiger partial charge in [0, 0.05) is 24.2 Å². The van der Waals surface area contributed by atoms with Gasteiger partial charge in [-0.1, -0.05) is 43.3 Å². The Bertz CT molecular complexity index is 800. The Balaban J connectivity index is 1.75. The lowest BCUT2D eigenvalue weighted by molar-refractivity contribution is -0.117. The molecule has 0 radical (unpaired) electrons. The third-order valence-corrected chi connectivity index (χ3v) is 4.23. The van der Waals surface area contributed by atoms with E-state index in [9.17, 15) is 9.59 Å². The third-order valence-electron chi connectivity index (χ3n) is 4.23. The van der Waals surface area contributed by atoms with Crippen molar-refractivity contribution in [2.45, 2.75) is 26.2 Å². The standard InChI is InChI=1S/C20H21N3O2/c1-2-18(15-8-4-3-5-9-15)21-22-20(25)16-10-6-11-17(14-16)23-13-7-12-19(23)24/h3-6,8-11,14H,2,7,12-13H2,1H3,(H,22,25)/b21-18+. The zero-order valence-electron chi connectivity index (χ0n) is 14.2. The maximum atomic E-state index is 12.4. The fourth-order valence-electron chi connectivity index (χ4n) is 2.90. The van der Waals surface area contributed by atoms with Crippen molar-refractivity contribution in [1.29, 1.82) is 0 Å². The van der Waals surface area contributed by atoms with Crippen LogP contribution in [-0.4, -0.2) is 24.1 Å². The van der Waals surface area contributed by atoms with Crippen LogP contribution in [0.5, 0.6) is 0 Å². The molecule has 3 rings (SSSR count). The number of nitrogens with zero attached hydrogens (tertiary/aromatic N) is 2. The number of anilines is 1. The van der Waals surface area contributed by atoms with E-state index in [1.807, 2.05) is 43.3 Å². The van der Waals surface area contributed by atoms with E-state index in [-0.39, 0.29) is 11.8 Å². The number of carbonyl (C=O) groups excluding carboxylic acids is 2. The average molecular weight is 335 g/mol. The van der Waals surface area contributed by atoms with E-state index in [2.05, 4.69) is 10.5 Å². The topological polar surface area (TPSA) is 61.8 Å². The van der Waals surface area contributed by atoms with Crippen LogP contribution >= 0.6 is 0 Å². The fourth-order valence-corrected chi connectivity index (χ4v) is 2.90. The van der Waals surface area contributed by atoms with E-state index in [0.29, 0.717) is 24.9 Å². The summed E-state index contributed by atoms with van der Waals surface area (Å²) >= 11 is 0. The molecule has 0 saturated carbocycles. The quantitative estimate of drug-likeness (QED) is 0.673. The molecule has 128 valence electrons. The number of hydrazone groups is 1. The van der Waals surface area contributed by atoms with E-state index in [4.69, 9.17) is 0 Å². The van der Waals surface area contributed by atoms with E-state index in [1.165, 1.54) is 0 Å². The van der Waals surface area contributed by atoms with Gasteiger partial charge in [0.2, 0.25) is 5.91 Å². The second kappa shape index (κ2) is 7.75. The van der Waals surface area contributed by atoms with Crippen LogP contribution in [0.15, 0.2) is 59.7 Å². The molecule has 0 spiro atoms. The highest BCUT2D eigenvalue weighted by Gasteiger charge is 2.22. The van der Waals surface area contributed by atoms with E-state index in [1.54, 1.807) is 23.1 Å². The number of hydrogen-bond donors (Lipinski definition) is 1.